The fourth-order valence-corrected chi connectivity index (χ4v) is 1.34. The molecule has 3 nitrogen and oxygen atoms in total. The molecule has 0 radical (unpaired) electrons. The van der Waals surface area contributed by atoms with Gasteiger partial charge in [-0.3, -0.25) is 0 Å². The average Bonchev–Trinajstić information content (AvgIpc) is 2.04. The maximum atomic E-state index is 5.60. The van der Waals surface area contributed by atoms with E-state index in [1.165, 1.54) is 0 Å². The number of aryl methyl sites for hydroxylation is 2. The van der Waals surface area contributed by atoms with E-state index in [-0.39, 0.29) is 0 Å². The van der Waals surface area contributed by atoms with Gasteiger partial charge in [-0.2, -0.15) is 0 Å². The Morgan fingerprint density at radius 2 is 1.54 bits per heavy atom. The summed E-state index contributed by atoms with van der Waals surface area (Å²) in [5, 5.41) is 0. The van der Waals surface area contributed by atoms with E-state index >= 15 is 0 Å². The summed E-state index contributed by atoms with van der Waals surface area (Å²) in [6.45, 7) is 4.27. The van der Waals surface area contributed by atoms with Gasteiger partial charge in [-0.1, -0.05) is 26.7 Å². The molecule has 0 amide bonds. The van der Waals surface area contributed by atoms with E-state index < -0.39 is 0 Å². The lowest BCUT2D eigenvalue weighted by Crippen LogP contribution is -2.02. The average molecular weight is 179 g/mol. The van der Waals surface area contributed by atoms with Crippen LogP contribution in [0.2, 0.25) is 0 Å². The standard InChI is InChI=1S/C10H17N3/c1-3-5-8-7-9(6-4-2)13-10(11)12-8/h7H,3-6H2,1-2H3,(H2,11,12,13). The molecule has 0 aromatic carbocycles. The van der Waals surface area contributed by atoms with Crippen molar-refractivity contribution >= 4 is 5.95 Å². The number of rotatable bonds is 4. The summed E-state index contributed by atoms with van der Waals surface area (Å²) in [6, 6.07) is 2.06. The van der Waals surface area contributed by atoms with Gasteiger partial charge in [0.05, 0.1) is 0 Å². The molecule has 1 rings (SSSR count). The molecule has 13 heavy (non-hydrogen) atoms. The van der Waals surface area contributed by atoms with Gasteiger partial charge >= 0.3 is 0 Å². The number of hydrogen-bond donors (Lipinski definition) is 1. The van der Waals surface area contributed by atoms with Crippen molar-refractivity contribution in [3.63, 3.8) is 0 Å². The van der Waals surface area contributed by atoms with Crippen LogP contribution in [-0.4, -0.2) is 9.97 Å². The first-order chi connectivity index (χ1) is 6.26. The molecule has 2 N–H and O–H groups in total. The summed E-state index contributed by atoms with van der Waals surface area (Å²) in [5.74, 6) is 0.411. The predicted octanol–water partition coefficient (Wildman–Crippen LogP) is 1.96. The zero-order valence-corrected chi connectivity index (χ0v) is 8.38. The Morgan fingerprint density at radius 3 is 1.92 bits per heavy atom. The summed E-state index contributed by atoms with van der Waals surface area (Å²) in [6.07, 6.45) is 4.18. The molecule has 3 heteroatoms. The highest BCUT2D eigenvalue weighted by molar-refractivity contribution is 5.22. The van der Waals surface area contributed by atoms with Crippen LogP contribution < -0.4 is 5.73 Å². The Morgan fingerprint density at radius 1 is 1.08 bits per heavy atom. The van der Waals surface area contributed by atoms with E-state index in [1.54, 1.807) is 0 Å². The van der Waals surface area contributed by atoms with Crippen molar-refractivity contribution in [2.75, 3.05) is 5.73 Å². The third kappa shape index (κ3) is 3.01. The molecule has 0 bridgehead atoms. The first-order valence-corrected chi connectivity index (χ1v) is 4.88. The van der Waals surface area contributed by atoms with Gasteiger partial charge in [-0.25, -0.2) is 9.97 Å². The van der Waals surface area contributed by atoms with Gasteiger partial charge in [0.15, 0.2) is 0 Å². The molecule has 0 spiro atoms. The maximum absolute atomic E-state index is 5.60. The van der Waals surface area contributed by atoms with Crippen LogP contribution in [0.15, 0.2) is 6.07 Å². The summed E-state index contributed by atoms with van der Waals surface area (Å²) in [4.78, 5) is 8.34. The Hall–Kier alpha value is -1.12. The minimum Gasteiger partial charge on any atom is -0.368 e. The molecule has 0 aliphatic carbocycles. The van der Waals surface area contributed by atoms with Gasteiger partial charge < -0.3 is 5.73 Å². The Balaban J connectivity index is 2.83. The lowest BCUT2D eigenvalue weighted by atomic mass is 10.2. The third-order valence-electron chi connectivity index (χ3n) is 1.86. The maximum Gasteiger partial charge on any atom is 0.220 e. The summed E-state index contributed by atoms with van der Waals surface area (Å²) >= 11 is 0. The Bertz CT molecular complexity index is 247. The van der Waals surface area contributed by atoms with Gasteiger partial charge in [-0.05, 0) is 18.9 Å². The lowest BCUT2D eigenvalue weighted by molar-refractivity contribution is 0.835. The lowest BCUT2D eigenvalue weighted by Gasteiger charge is -2.03. The molecule has 0 saturated heterocycles. The minimum atomic E-state index is 0.411. The SMILES string of the molecule is CCCc1cc(CCC)nc(N)n1. The van der Waals surface area contributed by atoms with E-state index in [4.69, 9.17) is 5.73 Å². The molecule has 1 heterocycles. The topological polar surface area (TPSA) is 51.8 Å². The van der Waals surface area contributed by atoms with Crippen molar-refractivity contribution in [3.05, 3.63) is 17.5 Å². The quantitative estimate of drug-likeness (QED) is 0.768. The molecule has 0 atom stereocenters. The predicted molar refractivity (Wildman–Crippen MR) is 54.4 cm³/mol. The van der Waals surface area contributed by atoms with Gasteiger partial charge in [0.1, 0.15) is 0 Å². The number of nitrogens with zero attached hydrogens (tertiary/aromatic N) is 2. The van der Waals surface area contributed by atoms with Crippen molar-refractivity contribution in [1.82, 2.24) is 9.97 Å². The second-order valence-electron chi connectivity index (χ2n) is 3.21. The summed E-state index contributed by atoms with van der Waals surface area (Å²) in [7, 11) is 0. The van der Waals surface area contributed by atoms with Crippen molar-refractivity contribution < 1.29 is 0 Å². The van der Waals surface area contributed by atoms with Crippen LogP contribution in [0.25, 0.3) is 0 Å². The zero-order chi connectivity index (χ0) is 9.68. The molecule has 0 fully saturated rings. The highest BCUT2D eigenvalue weighted by atomic mass is 15.0. The Kier molecular flexibility index (Phi) is 3.68. The second-order valence-corrected chi connectivity index (χ2v) is 3.21. The smallest absolute Gasteiger partial charge is 0.220 e. The zero-order valence-electron chi connectivity index (χ0n) is 8.38. The molecule has 72 valence electrons. The number of aromatic nitrogens is 2. The van der Waals surface area contributed by atoms with Crippen LogP contribution in [0.5, 0.6) is 0 Å². The van der Waals surface area contributed by atoms with Crippen molar-refractivity contribution in [3.8, 4) is 0 Å². The van der Waals surface area contributed by atoms with Gasteiger partial charge in [0.2, 0.25) is 5.95 Å². The van der Waals surface area contributed by atoms with E-state index in [1.807, 2.05) is 0 Å². The molecule has 0 saturated carbocycles. The fourth-order valence-electron chi connectivity index (χ4n) is 1.34. The van der Waals surface area contributed by atoms with E-state index in [9.17, 15) is 0 Å². The van der Waals surface area contributed by atoms with Gasteiger partial charge in [0, 0.05) is 11.4 Å². The molecule has 0 aliphatic rings. The van der Waals surface area contributed by atoms with Crippen LogP contribution >= 0.6 is 0 Å². The monoisotopic (exact) mass is 179 g/mol. The first kappa shape index (κ1) is 9.96. The fraction of sp³-hybridized carbons (Fsp3) is 0.600. The van der Waals surface area contributed by atoms with E-state index in [0.717, 1.165) is 37.1 Å². The molecule has 0 aliphatic heterocycles. The highest BCUT2D eigenvalue weighted by Gasteiger charge is 2.00. The van der Waals surface area contributed by atoms with Crippen molar-refractivity contribution in [2.45, 2.75) is 39.5 Å². The molecular formula is C10H17N3. The molecule has 1 aromatic heterocycles. The Labute approximate surface area is 79.4 Å². The molecule has 0 unspecified atom stereocenters. The van der Waals surface area contributed by atoms with Crippen LogP contribution in [0.4, 0.5) is 5.95 Å². The number of nitrogen functional groups attached to an aromatic ring is 1. The summed E-state index contributed by atoms with van der Waals surface area (Å²) in [5.41, 5.74) is 7.73. The summed E-state index contributed by atoms with van der Waals surface area (Å²) < 4.78 is 0. The van der Waals surface area contributed by atoms with Crippen LogP contribution in [0, 0.1) is 0 Å². The van der Waals surface area contributed by atoms with Crippen molar-refractivity contribution in [1.29, 1.82) is 0 Å². The normalized spacial score (nSPS) is 10.3. The largest absolute Gasteiger partial charge is 0.368 e. The number of hydrogen-bond acceptors (Lipinski definition) is 3. The van der Waals surface area contributed by atoms with Crippen LogP contribution in [0.1, 0.15) is 38.1 Å². The highest BCUT2D eigenvalue weighted by Crippen LogP contribution is 2.07. The van der Waals surface area contributed by atoms with Crippen LogP contribution in [-0.2, 0) is 12.8 Å². The third-order valence-corrected chi connectivity index (χ3v) is 1.86. The van der Waals surface area contributed by atoms with Crippen LogP contribution in [0.3, 0.4) is 0 Å². The molecule has 1 aromatic rings. The van der Waals surface area contributed by atoms with E-state index in [2.05, 4.69) is 29.9 Å². The van der Waals surface area contributed by atoms with Gasteiger partial charge in [0.25, 0.3) is 0 Å². The first-order valence-electron chi connectivity index (χ1n) is 4.88. The second kappa shape index (κ2) is 4.80. The van der Waals surface area contributed by atoms with Gasteiger partial charge in [-0.15, -0.1) is 0 Å². The van der Waals surface area contributed by atoms with E-state index in [0.29, 0.717) is 5.95 Å². The number of anilines is 1. The van der Waals surface area contributed by atoms with Crippen molar-refractivity contribution in [2.24, 2.45) is 0 Å². The molecular weight excluding hydrogens is 162 g/mol. The number of nitrogens with two attached hydrogens (primary N) is 1. The minimum absolute atomic E-state index is 0.411.